The monoisotopic (exact) mass is 305 g/mol. The van der Waals surface area contributed by atoms with E-state index >= 15 is 0 Å². The Kier molecular flexibility index (Phi) is 5.22. The van der Waals surface area contributed by atoms with Crippen LogP contribution in [0.25, 0.3) is 0 Å². The van der Waals surface area contributed by atoms with E-state index in [-0.39, 0.29) is 11.6 Å². The Hall–Kier alpha value is -1.14. The second-order valence-corrected chi connectivity index (χ2v) is 5.31. The number of hydrogen-bond donors (Lipinski definition) is 1. The van der Waals surface area contributed by atoms with E-state index in [1.165, 1.54) is 0 Å². The third-order valence-corrected chi connectivity index (χ3v) is 3.59. The van der Waals surface area contributed by atoms with Gasteiger partial charge >= 0.3 is 6.18 Å². The van der Waals surface area contributed by atoms with Crippen molar-refractivity contribution in [3.63, 3.8) is 0 Å². The standard InChI is InChI=1S/C15H19F4NO/c1-2-4-20-13-3-5-21-14(9-13)10-6-11(15(17,18)19)8-12(16)7-10/h6-8,13-14,20H,2-5,9H2,1H3. The van der Waals surface area contributed by atoms with Crippen LogP contribution in [0.2, 0.25) is 0 Å². The van der Waals surface area contributed by atoms with Crippen LogP contribution in [0, 0.1) is 5.82 Å². The molecule has 1 heterocycles. The molecule has 2 nitrogen and oxygen atoms in total. The fourth-order valence-corrected chi connectivity index (χ4v) is 2.52. The van der Waals surface area contributed by atoms with E-state index in [1.54, 1.807) is 0 Å². The van der Waals surface area contributed by atoms with E-state index in [0.717, 1.165) is 31.5 Å². The van der Waals surface area contributed by atoms with E-state index in [4.69, 9.17) is 4.74 Å². The molecule has 118 valence electrons. The number of rotatable bonds is 4. The van der Waals surface area contributed by atoms with Gasteiger partial charge in [-0.2, -0.15) is 13.2 Å². The number of ether oxygens (including phenoxy) is 1. The molecule has 0 spiro atoms. The molecule has 1 aromatic carbocycles. The Morgan fingerprint density at radius 3 is 2.71 bits per heavy atom. The molecule has 6 heteroatoms. The summed E-state index contributed by atoms with van der Waals surface area (Å²) in [5, 5.41) is 3.33. The van der Waals surface area contributed by atoms with Crippen molar-refractivity contribution in [2.24, 2.45) is 0 Å². The Labute approximate surface area is 121 Å². The van der Waals surface area contributed by atoms with Crippen molar-refractivity contribution in [1.29, 1.82) is 0 Å². The van der Waals surface area contributed by atoms with Gasteiger partial charge in [-0.3, -0.25) is 0 Å². The van der Waals surface area contributed by atoms with Gasteiger partial charge in [-0.1, -0.05) is 6.92 Å². The maximum Gasteiger partial charge on any atom is 0.416 e. The molecule has 1 N–H and O–H groups in total. The molecule has 1 aliphatic rings. The Morgan fingerprint density at radius 1 is 1.29 bits per heavy atom. The van der Waals surface area contributed by atoms with Gasteiger partial charge in [0.05, 0.1) is 11.7 Å². The van der Waals surface area contributed by atoms with Crippen LogP contribution in [0.4, 0.5) is 17.6 Å². The van der Waals surface area contributed by atoms with Gasteiger partial charge in [0, 0.05) is 12.6 Å². The zero-order chi connectivity index (χ0) is 15.5. The molecule has 21 heavy (non-hydrogen) atoms. The van der Waals surface area contributed by atoms with Crippen LogP contribution in [0.5, 0.6) is 0 Å². The van der Waals surface area contributed by atoms with Gasteiger partial charge in [-0.05, 0) is 49.6 Å². The third-order valence-electron chi connectivity index (χ3n) is 3.59. The smallest absolute Gasteiger partial charge is 0.373 e. The van der Waals surface area contributed by atoms with E-state index in [0.29, 0.717) is 19.1 Å². The topological polar surface area (TPSA) is 21.3 Å². The molecular weight excluding hydrogens is 286 g/mol. The van der Waals surface area contributed by atoms with Crippen molar-refractivity contribution >= 4 is 0 Å². The van der Waals surface area contributed by atoms with Gasteiger partial charge in [-0.25, -0.2) is 4.39 Å². The number of hydrogen-bond acceptors (Lipinski definition) is 2. The molecule has 2 unspecified atom stereocenters. The van der Waals surface area contributed by atoms with E-state index in [1.807, 2.05) is 6.92 Å². The van der Waals surface area contributed by atoms with E-state index in [2.05, 4.69) is 5.32 Å². The SMILES string of the molecule is CCCNC1CCOC(c2cc(F)cc(C(F)(F)F)c2)C1. The molecule has 2 rings (SSSR count). The van der Waals surface area contributed by atoms with Crippen molar-refractivity contribution in [2.45, 2.75) is 44.5 Å². The first-order chi connectivity index (χ1) is 9.90. The van der Waals surface area contributed by atoms with Crippen molar-refractivity contribution in [1.82, 2.24) is 5.32 Å². The maximum absolute atomic E-state index is 13.4. The summed E-state index contributed by atoms with van der Waals surface area (Å²) in [6, 6.07) is 2.82. The zero-order valence-electron chi connectivity index (χ0n) is 11.8. The van der Waals surface area contributed by atoms with E-state index < -0.39 is 23.7 Å². The van der Waals surface area contributed by atoms with Crippen LogP contribution in [-0.4, -0.2) is 19.2 Å². The normalized spacial score (nSPS) is 23.3. The molecule has 0 aromatic heterocycles. The average molecular weight is 305 g/mol. The van der Waals surface area contributed by atoms with Crippen LogP contribution in [-0.2, 0) is 10.9 Å². The summed E-state index contributed by atoms with van der Waals surface area (Å²) >= 11 is 0. The Bertz CT molecular complexity index is 475. The lowest BCUT2D eigenvalue weighted by atomic mass is 9.96. The first-order valence-corrected chi connectivity index (χ1v) is 7.13. The predicted octanol–water partition coefficient (Wildman–Crippen LogP) is 4.06. The molecule has 1 aliphatic heterocycles. The van der Waals surface area contributed by atoms with E-state index in [9.17, 15) is 17.6 Å². The second kappa shape index (κ2) is 6.75. The highest BCUT2D eigenvalue weighted by Crippen LogP contribution is 2.34. The van der Waals surface area contributed by atoms with Crippen molar-refractivity contribution in [3.05, 3.63) is 35.1 Å². The summed E-state index contributed by atoms with van der Waals surface area (Å²) in [5.74, 6) is -0.882. The molecule has 1 aromatic rings. The molecule has 0 saturated carbocycles. The first kappa shape index (κ1) is 16.2. The number of halogens is 4. The highest BCUT2D eigenvalue weighted by atomic mass is 19.4. The van der Waals surface area contributed by atoms with Gasteiger partial charge in [0.1, 0.15) is 5.82 Å². The van der Waals surface area contributed by atoms with Crippen molar-refractivity contribution in [2.75, 3.05) is 13.2 Å². The summed E-state index contributed by atoms with van der Waals surface area (Å²) in [7, 11) is 0. The molecule has 0 amide bonds. The van der Waals surface area contributed by atoms with Gasteiger partial charge in [-0.15, -0.1) is 0 Å². The first-order valence-electron chi connectivity index (χ1n) is 7.13. The molecule has 0 bridgehead atoms. The largest absolute Gasteiger partial charge is 0.416 e. The average Bonchev–Trinajstić information content (AvgIpc) is 2.44. The molecule has 0 radical (unpaired) electrons. The van der Waals surface area contributed by atoms with Crippen LogP contribution < -0.4 is 5.32 Å². The molecule has 1 saturated heterocycles. The zero-order valence-corrected chi connectivity index (χ0v) is 11.8. The molecule has 0 aliphatic carbocycles. The van der Waals surface area contributed by atoms with Crippen LogP contribution in [0.15, 0.2) is 18.2 Å². The minimum atomic E-state index is -4.55. The lowest BCUT2D eigenvalue weighted by Gasteiger charge is -2.30. The third kappa shape index (κ3) is 4.41. The summed E-state index contributed by atoms with van der Waals surface area (Å²) < 4.78 is 57.2. The number of benzene rings is 1. The van der Waals surface area contributed by atoms with Gasteiger partial charge in [0.2, 0.25) is 0 Å². The van der Waals surface area contributed by atoms with Crippen LogP contribution >= 0.6 is 0 Å². The van der Waals surface area contributed by atoms with Crippen LogP contribution in [0.1, 0.15) is 43.4 Å². The predicted molar refractivity (Wildman–Crippen MR) is 71.4 cm³/mol. The maximum atomic E-state index is 13.4. The fraction of sp³-hybridized carbons (Fsp3) is 0.600. The molecule has 2 atom stereocenters. The summed E-state index contributed by atoms with van der Waals surface area (Å²) in [6.07, 6.45) is -2.69. The molecular formula is C15H19F4NO. The highest BCUT2D eigenvalue weighted by molar-refractivity contribution is 5.28. The minimum Gasteiger partial charge on any atom is -0.373 e. The minimum absolute atomic E-state index is 0.196. The van der Waals surface area contributed by atoms with Gasteiger partial charge in [0.25, 0.3) is 0 Å². The summed E-state index contributed by atoms with van der Waals surface area (Å²) in [5.41, 5.74) is -0.713. The summed E-state index contributed by atoms with van der Waals surface area (Å²) in [4.78, 5) is 0. The lowest BCUT2D eigenvalue weighted by Crippen LogP contribution is -2.36. The Balaban J connectivity index is 2.15. The second-order valence-electron chi connectivity index (χ2n) is 5.31. The summed E-state index contributed by atoms with van der Waals surface area (Å²) in [6.45, 7) is 3.37. The number of alkyl halides is 3. The van der Waals surface area contributed by atoms with Crippen LogP contribution in [0.3, 0.4) is 0 Å². The molecule has 1 fully saturated rings. The highest BCUT2D eigenvalue weighted by Gasteiger charge is 2.33. The van der Waals surface area contributed by atoms with Crippen molar-refractivity contribution in [3.8, 4) is 0 Å². The quantitative estimate of drug-likeness (QED) is 0.847. The fourth-order valence-electron chi connectivity index (χ4n) is 2.52. The lowest BCUT2D eigenvalue weighted by molar-refractivity contribution is -0.137. The van der Waals surface area contributed by atoms with Crippen molar-refractivity contribution < 1.29 is 22.3 Å². The van der Waals surface area contributed by atoms with Gasteiger partial charge in [0.15, 0.2) is 0 Å². The number of nitrogens with one attached hydrogen (secondary N) is 1. The van der Waals surface area contributed by atoms with Gasteiger partial charge < -0.3 is 10.1 Å². The Morgan fingerprint density at radius 2 is 2.05 bits per heavy atom.